The van der Waals surface area contributed by atoms with E-state index in [1.165, 1.54) is 0 Å². The predicted molar refractivity (Wildman–Crippen MR) is 36.1 cm³/mol. The second-order valence-electron chi connectivity index (χ2n) is 3.32. The van der Waals surface area contributed by atoms with Crippen LogP contribution >= 0.6 is 0 Å². The van der Waals surface area contributed by atoms with Gasteiger partial charge in [-0.1, -0.05) is 0 Å². The number of rotatable bonds is 0. The van der Waals surface area contributed by atoms with Gasteiger partial charge in [0.1, 0.15) is 6.54 Å². The molecular weight excluding hydrogens is 148 g/mol. The minimum Gasteiger partial charge on any atom is -0.313 e. The van der Waals surface area contributed by atoms with E-state index < -0.39 is 11.4 Å². The van der Waals surface area contributed by atoms with Crippen LogP contribution in [0.1, 0.15) is 13.8 Å². The maximum Gasteiger partial charge on any atom is 0.262 e. The largest absolute Gasteiger partial charge is 0.313 e. The zero-order valence-electron chi connectivity index (χ0n) is 6.61. The first-order chi connectivity index (χ1) is 4.93. The second kappa shape index (κ2) is 2.44. The van der Waals surface area contributed by atoms with Gasteiger partial charge in [0, 0.05) is 0 Å². The third-order valence-corrected chi connectivity index (χ3v) is 1.81. The Hall–Kier alpha value is -0.650. The van der Waals surface area contributed by atoms with Crippen molar-refractivity contribution in [2.75, 3.05) is 13.1 Å². The predicted octanol–water partition coefficient (Wildman–Crippen LogP) is -0.312. The number of hydroxylamine groups is 4. The monoisotopic (exact) mass is 160 g/mol. The fourth-order valence-corrected chi connectivity index (χ4v) is 0.960. The SMILES string of the molecule is CC1(C)CN(O)C(=O)CN1O. The lowest BCUT2D eigenvalue weighted by molar-refractivity contribution is -0.235. The molecule has 0 aromatic rings. The third-order valence-electron chi connectivity index (χ3n) is 1.81. The van der Waals surface area contributed by atoms with Gasteiger partial charge >= 0.3 is 0 Å². The number of piperazine rings is 1. The molecule has 0 atom stereocenters. The number of carbonyl (C=O) groups excluding carboxylic acids is 1. The molecule has 1 amide bonds. The average Bonchev–Trinajstić information content (AvgIpc) is 1.83. The maximum absolute atomic E-state index is 10.8. The minimum absolute atomic E-state index is 0.127. The summed E-state index contributed by atoms with van der Waals surface area (Å²) < 4.78 is 0. The number of hydrogen-bond donors (Lipinski definition) is 2. The zero-order valence-corrected chi connectivity index (χ0v) is 6.61. The Morgan fingerprint density at radius 3 is 2.45 bits per heavy atom. The van der Waals surface area contributed by atoms with Crippen LogP contribution in [0.25, 0.3) is 0 Å². The Bertz CT molecular complexity index is 181. The first-order valence-corrected chi connectivity index (χ1v) is 3.39. The molecule has 0 unspecified atom stereocenters. The van der Waals surface area contributed by atoms with Gasteiger partial charge in [0.15, 0.2) is 0 Å². The van der Waals surface area contributed by atoms with Gasteiger partial charge in [-0.15, -0.1) is 0 Å². The second-order valence-corrected chi connectivity index (χ2v) is 3.32. The fourth-order valence-electron chi connectivity index (χ4n) is 0.960. The molecule has 0 aromatic carbocycles. The van der Waals surface area contributed by atoms with E-state index in [0.29, 0.717) is 5.06 Å². The van der Waals surface area contributed by atoms with Gasteiger partial charge < -0.3 is 5.21 Å². The highest BCUT2D eigenvalue weighted by Crippen LogP contribution is 2.17. The van der Waals surface area contributed by atoms with Crippen LogP contribution < -0.4 is 0 Å². The number of carbonyl (C=O) groups is 1. The summed E-state index contributed by atoms with van der Waals surface area (Å²) >= 11 is 0. The lowest BCUT2D eigenvalue weighted by Gasteiger charge is -2.40. The summed E-state index contributed by atoms with van der Waals surface area (Å²) in [5, 5.41) is 19.7. The van der Waals surface area contributed by atoms with E-state index in [0.717, 1.165) is 5.06 Å². The maximum atomic E-state index is 10.8. The van der Waals surface area contributed by atoms with Gasteiger partial charge in [-0.05, 0) is 13.8 Å². The van der Waals surface area contributed by atoms with Crippen LogP contribution in [-0.2, 0) is 4.79 Å². The Labute approximate surface area is 64.7 Å². The van der Waals surface area contributed by atoms with E-state index in [1.807, 2.05) is 0 Å². The topological polar surface area (TPSA) is 64.0 Å². The molecule has 0 bridgehead atoms. The fraction of sp³-hybridized carbons (Fsp3) is 0.833. The molecule has 0 saturated carbocycles. The van der Waals surface area contributed by atoms with Crippen LogP contribution in [0, 0.1) is 0 Å². The molecule has 0 radical (unpaired) electrons. The van der Waals surface area contributed by atoms with Gasteiger partial charge in [0.25, 0.3) is 5.91 Å². The Balaban J connectivity index is 2.70. The highest BCUT2D eigenvalue weighted by Gasteiger charge is 2.36. The molecule has 2 N–H and O–H groups in total. The summed E-state index contributed by atoms with van der Waals surface area (Å²) in [6.45, 7) is 3.46. The Morgan fingerprint density at radius 2 is 2.00 bits per heavy atom. The van der Waals surface area contributed by atoms with Crippen molar-refractivity contribution in [2.45, 2.75) is 19.4 Å². The van der Waals surface area contributed by atoms with Crippen LogP contribution in [0.2, 0.25) is 0 Å². The van der Waals surface area contributed by atoms with E-state index in [1.54, 1.807) is 13.8 Å². The summed E-state index contributed by atoms with van der Waals surface area (Å²) in [6, 6.07) is 0. The van der Waals surface area contributed by atoms with Gasteiger partial charge in [0.2, 0.25) is 0 Å². The number of hydrogen-bond acceptors (Lipinski definition) is 4. The molecule has 11 heavy (non-hydrogen) atoms. The van der Waals surface area contributed by atoms with Crippen LogP contribution in [0.4, 0.5) is 0 Å². The number of nitrogens with zero attached hydrogens (tertiary/aromatic N) is 2. The van der Waals surface area contributed by atoms with E-state index in [9.17, 15) is 10.0 Å². The average molecular weight is 160 g/mol. The lowest BCUT2D eigenvalue weighted by Crippen LogP contribution is -2.59. The van der Waals surface area contributed by atoms with Gasteiger partial charge in [-0.25, -0.2) is 5.06 Å². The summed E-state index contributed by atoms with van der Waals surface area (Å²) in [6.07, 6.45) is 0. The normalized spacial score (nSPS) is 25.8. The lowest BCUT2D eigenvalue weighted by atomic mass is 10.0. The molecule has 64 valence electrons. The van der Waals surface area contributed by atoms with Crippen molar-refractivity contribution in [1.29, 1.82) is 0 Å². The Morgan fingerprint density at radius 1 is 1.45 bits per heavy atom. The highest BCUT2D eigenvalue weighted by atomic mass is 16.5. The van der Waals surface area contributed by atoms with Gasteiger partial charge in [-0.2, -0.15) is 5.06 Å². The molecule has 1 rings (SSSR count). The van der Waals surface area contributed by atoms with Crippen LogP contribution in [-0.4, -0.2) is 45.1 Å². The van der Waals surface area contributed by atoms with Crippen molar-refractivity contribution in [3.05, 3.63) is 0 Å². The quantitative estimate of drug-likeness (QED) is 0.477. The van der Waals surface area contributed by atoms with E-state index >= 15 is 0 Å². The van der Waals surface area contributed by atoms with E-state index in [-0.39, 0.29) is 13.1 Å². The van der Waals surface area contributed by atoms with Crippen LogP contribution in [0.5, 0.6) is 0 Å². The first kappa shape index (κ1) is 8.45. The molecule has 1 saturated heterocycles. The molecule has 1 aliphatic heterocycles. The van der Waals surface area contributed by atoms with Crippen molar-refractivity contribution in [3.63, 3.8) is 0 Å². The first-order valence-electron chi connectivity index (χ1n) is 3.39. The van der Waals surface area contributed by atoms with E-state index in [2.05, 4.69) is 0 Å². The van der Waals surface area contributed by atoms with Crippen LogP contribution in [0.3, 0.4) is 0 Å². The smallest absolute Gasteiger partial charge is 0.262 e. The Kier molecular flexibility index (Phi) is 1.87. The summed E-state index contributed by atoms with van der Waals surface area (Å²) in [7, 11) is 0. The molecule has 1 aliphatic rings. The van der Waals surface area contributed by atoms with Gasteiger partial charge in [0.05, 0.1) is 12.1 Å². The van der Waals surface area contributed by atoms with Crippen molar-refractivity contribution in [2.24, 2.45) is 0 Å². The minimum atomic E-state index is -0.567. The molecule has 5 heteroatoms. The standard InChI is InChI=1S/C6H12N2O3/c1-6(2)4-7(10)5(9)3-8(6)11/h10-11H,3-4H2,1-2H3. The summed E-state index contributed by atoms with van der Waals surface area (Å²) in [5.41, 5.74) is -0.567. The zero-order chi connectivity index (χ0) is 8.65. The summed E-state index contributed by atoms with van der Waals surface area (Å²) in [4.78, 5) is 10.8. The molecular formula is C6H12N2O3. The summed E-state index contributed by atoms with van der Waals surface area (Å²) in [5.74, 6) is -0.480. The molecule has 1 fully saturated rings. The molecule has 5 nitrogen and oxygen atoms in total. The van der Waals surface area contributed by atoms with Crippen molar-refractivity contribution < 1.29 is 15.2 Å². The number of amides is 1. The van der Waals surface area contributed by atoms with E-state index in [4.69, 9.17) is 5.21 Å². The molecule has 0 aromatic heterocycles. The third kappa shape index (κ3) is 1.50. The van der Waals surface area contributed by atoms with Gasteiger partial charge in [-0.3, -0.25) is 10.0 Å². The highest BCUT2D eigenvalue weighted by molar-refractivity contribution is 5.77. The van der Waals surface area contributed by atoms with Crippen LogP contribution in [0.15, 0.2) is 0 Å². The molecule has 1 heterocycles. The molecule has 0 spiro atoms. The van der Waals surface area contributed by atoms with Crippen molar-refractivity contribution in [3.8, 4) is 0 Å². The van der Waals surface area contributed by atoms with Crippen molar-refractivity contribution >= 4 is 5.91 Å². The molecule has 0 aliphatic carbocycles. The van der Waals surface area contributed by atoms with Crippen molar-refractivity contribution in [1.82, 2.24) is 10.1 Å².